The van der Waals surface area contributed by atoms with E-state index < -0.39 is 34.1 Å². The summed E-state index contributed by atoms with van der Waals surface area (Å²) in [6.45, 7) is 0. The number of carbonyl (C=O) groups is 2. The third-order valence-electron chi connectivity index (χ3n) is 3.27. The molecule has 1 aromatic carbocycles. The number of carbonyl (C=O) groups excluding carboxylic acids is 2. The van der Waals surface area contributed by atoms with Gasteiger partial charge >= 0.3 is 6.18 Å². The Morgan fingerprint density at radius 1 is 1.12 bits per heavy atom. The Hall–Kier alpha value is -2.62. The number of hydrogen-bond acceptors (Lipinski definition) is 5. The molecule has 10 heteroatoms. The van der Waals surface area contributed by atoms with Crippen LogP contribution < -0.4 is 10.5 Å². The van der Waals surface area contributed by atoms with E-state index in [1.807, 2.05) is 0 Å². The number of nitrogens with one attached hydrogen (secondary N) is 1. The Morgan fingerprint density at radius 2 is 1.88 bits per heavy atom. The summed E-state index contributed by atoms with van der Waals surface area (Å²) in [4.78, 5) is 34.9. The maximum absolute atomic E-state index is 13.4. The van der Waals surface area contributed by atoms with Crippen LogP contribution in [0, 0.1) is 0 Å². The smallest absolute Gasteiger partial charge is 0.273 e. The number of amides is 2. The second kappa shape index (κ2) is 5.78. The maximum Gasteiger partial charge on any atom is 0.418 e. The van der Waals surface area contributed by atoms with Gasteiger partial charge in [-0.2, -0.15) is 18.3 Å². The number of anilines is 1. The second-order valence-electron chi connectivity index (χ2n) is 4.82. The zero-order valence-corrected chi connectivity index (χ0v) is 12.6. The summed E-state index contributed by atoms with van der Waals surface area (Å²) in [6, 6.07) is 5.55. The second-order valence-corrected chi connectivity index (χ2v) is 5.75. The van der Waals surface area contributed by atoms with Crippen LogP contribution in [0.4, 0.5) is 23.7 Å². The molecule has 3 rings (SSSR count). The molecule has 1 fully saturated rings. The van der Waals surface area contributed by atoms with E-state index in [-0.39, 0.29) is 17.0 Å². The van der Waals surface area contributed by atoms with Crippen molar-refractivity contribution in [2.24, 2.45) is 0 Å². The molecule has 0 bridgehead atoms. The highest BCUT2D eigenvalue weighted by Crippen LogP contribution is 2.40. The number of benzene rings is 1. The number of alkyl halides is 3. The standard InChI is InChI=1S/C14H8F3N3O3S/c15-14(16,17)8-5-7(9-2-4-11(21)19-18-9)1-3-10(8)20-12(22)6-24-13(20)23/h1-5H,6H2,(H,19,21). The summed E-state index contributed by atoms with van der Waals surface area (Å²) in [7, 11) is 0. The third-order valence-corrected chi connectivity index (χ3v) is 4.09. The van der Waals surface area contributed by atoms with Gasteiger partial charge in [-0.05, 0) is 18.2 Å². The van der Waals surface area contributed by atoms with E-state index in [2.05, 4.69) is 10.2 Å². The molecule has 0 atom stereocenters. The molecule has 2 amide bonds. The highest BCUT2D eigenvalue weighted by atomic mass is 32.2. The monoisotopic (exact) mass is 355 g/mol. The molecule has 1 aromatic heterocycles. The van der Waals surface area contributed by atoms with Crippen LogP contribution >= 0.6 is 11.8 Å². The van der Waals surface area contributed by atoms with Gasteiger partial charge in [0.1, 0.15) is 0 Å². The topological polar surface area (TPSA) is 83.1 Å². The van der Waals surface area contributed by atoms with Crippen LogP contribution in [0.5, 0.6) is 0 Å². The summed E-state index contributed by atoms with van der Waals surface area (Å²) in [5, 5.41) is 5.05. The van der Waals surface area contributed by atoms with Crippen LogP contribution in [0.1, 0.15) is 5.56 Å². The fourth-order valence-electron chi connectivity index (χ4n) is 2.21. The quantitative estimate of drug-likeness (QED) is 0.895. The van der Waals surface area contributed by atoms with E-state index in [9.17, 15) is 27.6 Å². The number of rotatable bonds is 2. The minimum atomic E-state index is -4.78. The zero-order valence-electron chi connectivity index (χ0n) is 11.8. The lowest BCUT2D eigenvalue weighted by atomic mass is 10.0. The molecular weight excluding hydrogens is 347 g/mol. The highest BCUT2D eigenvalue weighted by Gasteiger charge is 2.40. The van der Waals surface area contributed by atoms with Gasteiger partial charge in [-0.3, -0.25) is 14.4 Å². The first-order valence-electron chi connectivity index (χ1n) is 6.54. The number of aromatic nitrogens is 2. The molecule has 0 aliphatic carbocycles. The number of thioether (sulfide) groups is 1. The van der Waals surface area contributed by atoms with Crippen molar-refractivity contribution in [3.8, 4) is 11.3 Å². The Kier molecular flexibility index (Phi) is 3.91. The minimum Gasteiger partial charge on any atom is -0.273 e. The van der Waals surface area contributed by atoms with Crippen LogP contribution in [0.25, 0.3) is 11.3 Å². The van der Waals surface area contributed by atoms with Crippen LogP contribution in [-0.4, -0.2) is 27.1 Å². The Balaban J connectivity index is 2.14. The molecule has 0 radical (unpaired) electrons. The molecule has 1 aliphatic rings. The fraction of sp³-hybridized carbons (Fsp3) is 0.143. The van der Waals surface area contributed by atoms with Gasteiger partial charge in [0.2, 0.25) is 5.91 Å². The van der Waals surface area contributed by atoms with Crippen LogP contribution in [-0.2, 0) is 11.0 Å². The van der Waals surface area contributed by atoms with Gasteiger partial charge in [0, 0.05) is 11.6 Å². The van der Waals surface area contributed by atoms with Crippen LogP contribution in [0.3, 0.4) is 0 Å². The SMILES string of the molecule is O=C1CSC(=O)N1c1ccc(-c2ccc(=O)[nH]n2)cc1C(F)(F)F. The molecule has 0 unspecified atom stereocenters. The Morgan fingerprint density at radius 3 is 2.42 bits per heavy atom. The number of nitrogens with zero attached hydrogens (tertiary/aromatic N) is 2. The summed E-state index contributed by atoms with van der Waals surface area (Å²) in [6.07, 6.45) is -4.78. The lowest BCUT2D eigenvalue weighted by Gasteiger charge is -2.20. The van der Waals surface area contributed by atoms with Crippen molar-refractivity contribution < 1.29 is 22.8 Å². The molecule has 2 aromatic rings. The summed E-state index contributed by atoms with van der Waals surface area (Å²) < 4.78 is 40.1. The molecular formula is C14H8F3N3O3S. The summed E-state index contributed by atoms with van der Waals surface area (Å²) in [5.41, 5.74) is -1.92. The number of hydrogen-bond donors (Lipinski definition) is 1. The van der Waals surface area contributed by atoms with Crippen molar-refractivity contribution >= 4 is 28.6 Å². The van der Waals surface area contributed by atoms with E-state index in [1.165, 1.54) is 12.1 Å². The first-order valence-corrected chi connectivity index (χ1v) is 7.53. The molecule has 6 nitrogen and oxygen atoms in total. The predicted molar refractivity (Wildman–Crippen MR) is 80.6 cm³/mol. The fourth-order valence-corrected chi connectivity index (χ4v) is 2.92. The van der Waals surface area contributed by atoms with Gasteiger partial charge in [-0.15, -0.1) is 0 Å². The van der Waals surface area contributed by atoms with Crippen LogP contribution in [0.2, 0.25) is 0 Å². The van der Waals surface area contributed by atoms with Crippen molar-refractivity contribution in [1.29, 1.82) is 0 Å². The first-order chi connectivity index (χ1) is 11.3. The van der Waals surface area contributed by atoms with Crippen molar-refractivity contribution in [2.75, 3.05) is 10.7 Å². The lowest BCUT2D eigenvalue weighted by molar-refractivity contribution is -0.137. The van der Waals surface area contributed by atoms with E-state index in [0.717, 1.165) is 18.2 Å². The predicted octanol–water partition coefficient (Wildman–Crippen LogP) is 2.66. The van der Waals surface area contributed by atoms with Gasteiger partial charge in [0.25, 0.3) is 10.8 Å². The molecule has 1 saturated heterocycles. The normalized spacial score (nSPS) is 15.2. The molecule has 1 aliphatic heterocycles. The van der Waals surface area contributed by atoms with E-state index in [4.69, 9.17) is 0 Å². The van der Waals surface area contributed by atoms with Gasteiger partial charge in [0.05, 0.1) is 22.7 Å². The van der Waals surface area contributed by atoms with Crippen molar-refractivity contribution in [2.45, 2.75) is 6.18 Å². The lowest BCUT2D eigenvalue weighted by Crippen LogP contribution is -2.30. The summed E-state index contributed by atoms with van der Waals surface area (Å²) in [5.74, 6) is -0.898. The van der Waals surface area contributed by atoms with Gasteiger partial charge in [-0.1, -0.05) is 17.8 Å². The Bertz CT molecular complexity index is 858. The van der Waals surface area contributed by atoms with E-state index >= 15 is 0 Å². The van der Waals surface area contributed by atoms with Gasteiger partial charge in [0.15, 0.2) is 0 Å². The molecule has 0 spiro atoms. The number of aromatic amines is 1. The maximum atomic E-state index is 13.4. The number of H-pyrrole nitrogens is 1. The van der Waals surface area contributed by atoms with Gasteiger partial charge < -0.3 is 0 Å². The molecule has 124 valence electrons. The van der Waals surface area contributed by atoms with Crippen molar-refractivity contribution in [3.63, 3.8) is 0 Å². The average Bonchev–Trinajstić information content (AvgIpc) is 2.86. The molecule has 0 saturated carbocycles. The Labute approximate surface area is 136 Å². The van der Waals surface area contributed by atoms with E-state index in [1.54, 1.807) is 0 Å². The third kappa shape index (κ3) is 2.92. The molecule has 24 heavy (non-hydrogen) atoms. The van der Waals surface area contributed by atoms with Crippen molar-refractivity contribution in [1.82, 2.24) is 10.2 Å². The number of halogens is 3. The van der Waals surface area contributed by atoms with Crippen molar-refractivity contribution in [3.05, 3.63) is 46.2 Å². The van der Waals surface area contributed by atoms with E-state index in [0.29, 0.717) is 16.7 Å². The van der Waals surface area contributed by atoms with Crippen LogP contribution in [0.15, 0.2) is 35.1 Å². The average molecular weight is 355 g/mol. The molecule has 2 heterocycles. The zero-order chi connectivity index (χ0) is 17.5. The summed E-state index contributed by atoms with van der Waals surface area (Å²) >= 11 is 0.648. The molecule has 1 N–H and O–H groups in total. The number of imide groups is 1. The van der Waals surface area contributed by atoms with Gasteiger partial charge in [-0.25, -0.2) is 10.00 Å². The largest absolute Gasteiger partial charge is 0.418 e. The highest BCUT2D eigenvalue weighted by molar-refractivity contribution is 8.15. The first kappa shape index (κ1) is 16.2. The minimum absolute atomic E-state index is 0.0917.